The lowest BCUT2D eigenvalue weighted by atomic mass is 10.2. The van der Waals surface area contributed by atoms with Crippen molar-refractivity contribution in [2.75, 3.05) is 16.8 Å². The molecule has 1 aromatic heterocycles. The number of nitrogens with zero attached hydrogens (tertiary/aromatic N) is 1. The molecule has 100 valence electrons. The molecule has 0 bridgehead atoms. The lowest BCUT2D eigenvalue weighted by Crippen LogP contribution is -2.13. The SMILES string of the molecule is Nc1cc(Cl)ccc1NC(=O)CCSc1nccs1. The zero-order valence-electron chi connectivity index (χ0n) is 9.93. The van der Waals surface area contributed by atoms with E-state index >= 15 is 0 Å². The van der Waals surface area contributed by atoms with Gasteiger partial charge in [-0.25, -0.2) is 4.98 Å². The van der Waals surface area contributed by atoms with Crippen LogP contribution in [0.15, 0.2) is 34.1 Å². The molecule has 2 rings (SSSR count). The Labute approximate surface area is 124 Å². The van der Waals surface area contributed by atoms with E-state index in [1.54, 1.807) is 47.5 Å². The van der Waals surface area contributed by atoms with Crippen LogP contribution in [0.4, 0.5) is 11.4 Å². The van der Waals surface area contributed by atoms with Crippen LogP contribution in [0, 0.1) is 0 Å². The van der Waals surface area contributed by atoms with E-state index in [4.69, 9.17) is 17.3 Å². The Hall–Kier alpha value is -1.24. The number of carbonyl (C=O) groups excluding carboxylic acids is 1. The van der Waals surface area contributed by atoms with E-state index in [1.165, 1.54) is 0 Å². The van der Waals surface area contributed by atoms with Crippen LogP contribution >= 0.6 is 34.7 Å². The van der Waals surface area contributed by atoms with Gasteiger partial charge in [0.25, 0.3) is 0 Å². The Bertz CT molecular complexity index is 560. The molecule has 0 aliphatic heterocycles. The molecule has 1 aromatic carbocycles. The number of anilines is 2. The van der Waals surface area contributed by atoms with E-state index in [0.717, 1.165) is 4.34 Å². The number of hydrogen-bond acceptors (Lipinski definition) is 5. The number of nitrogen functional groups attached to an aromatic ring is 1. The van der Waals surface area contributed by atoms with Crippen molar-refractivity contribution in [3.63, 3.8) is 0 Å². The van der Waals surface area contributed by atoms with E-state index in [0.29, 0.717) is 28.6 Å². The molecule has 0 aliphatic carbocycles. The third-order valence-corrected chi connectivity index (χ3v) is 4.45. The molecule has 0 atom stereocenters. The van der Waals surface area contributed by atoms with Crippen molar-refractivity contribution in [2.24, 2.45) is 0 Å². The van der Waals surface area contributed by atoms with Crippen molar-refractivity contribution in [3.05, 3.63) is 34.8 Å². The van der Waals surface area contributed by atoms with Crippen LogP contribution in [0.2, 0.25) is 5.02 Å². The number of carbonyl (C=O) groups is 1. The number of hydrogen-bond donors (Lipinski definition) is 2. The van der Waals surface area contributed by atoms with Gasteiger partial charge in [0.05, 0.1) is 11.4 Å². The standard InChI is InChI=1S/C12H12ClN3OS2/c13-8-1-2-10(9(14)7-8)16-11(17)3-5-18-12-15-4-6-19-12/h1-2,4,6-7H,3,5,14H2,(H,16,17). The summed E-state index contributed by atoms with van der Waals surface area (Å²) >= 11 is 8.93. The minimum atomic E-state index is -0.0712. The van der Waals surface area contributed by atoms with Gasteiger partial charge in [-0.1, -0.05) is 23.4 Å². The first kappa shape index (κ1) is 14.2. The fraction of sp³-hybridized carbons (Fsp3) is 0.167. The number of aromatic nitrogens is 1. The summed E-state index contributed by atoms with van der Waals surface area (Å²) in [5.41, 5.74) is 6.82. The second kappa shape index (κ2) is 6.79. The molecule has 2 aromatic rings. The summed E-state index contributed by atoms with van der Waals surface area (Å²) in [6.45, 7) is 0. The third-order valence-electron chi connectivity index (χ3n) is 2.25. The summed E-state index contributed by atoms with van der Waals surface area (Å²) in [5.74, 6) is 0.616. The lowest BCUT2D eigenvalue weighted by molar-refractivity contribution is -0.115. The van der Waals surface area contributed by atoms with Crippen LogP contribution in [0.5, 0.6) is 0 Å². The molecule has 0 unspecified atom stereocenters. The molecule has 19 heavy (non-hydrogen) atoms. The van der Waals surface area contributed by atoms with Crippen molar-refractivity contribution in [1.29, 1.82) is 0 Å². The highest BCUT2D eigenvalue weighted by atomic mass is 35.5. The van der Waals surface area contributed by atoms with Gasteiger partial charge in [-0.05, 0) is 18.2 Å². The van der Waals surface area contributed by atoms with E-state index < -0.39 is 0 Å². The second-order valence-corrected chi connectivity index (χ2v) is 6.35. The number of benzene rings is 1. The van der Waals surface area contributed by atoms with Crippen LogP contribution in [0.25, 0.3) is 0 Å². The number of nitrogens with two attached hydrogens (primary N) is 1. The quantitative estimate of drug-likeness (QED) is 0.655. The first-order valence-corrected chi connectivity index (χ1v) is 7.76. The summed E-state index contributed by atoms with van der Waals surface area (Å²) in [7, 11) is 0. The highest BCUT2D eigenvalue weighted by molar-refractivity contribution is 8.01. The van der Waals surface area contributed by atoms with Crippen LogP contribution in [-0.2, 0) is 4.79 Å². The van der Waals surface area contributed by atoms with Gasteiger partial charge in [0.2, 0.25) is 5.91 Å². The molecular weight excluding hydrogens is 302 g/mol. The van der Waals surface area contributed by atoms with Gasteiger partial charge in [-0.15, -0.1) is 11.3 Å². The third kappa shape index (κ3) is 4.41. The average molecular weight is 314 g/mol. The fourth-order valence-electron chi connectivity index (χ4n) is 1.37. The van der Waals surface area contributed by atoms with Crippen molar-refractivity contribution >= 4 is 52.0 Å². The maximum atomic E-state index is 11.7. The monoisotopic (exact) mass is 313 g/mol. The minimum Gasteiger partial charge on any atom is -0.397 e. The van der Waals surface area contributed by atoms with Gasteiger partial charge < -0.3 is 11.1 Å². The molecule has 0 radical (unpaired) electrons. The molecule has 1 heterocycles. The van der Waals surface area contributed by atoms with Gasteiger partial charge in [-0.2, -0.15) is 0 Å². The van der Waals surface area contributed by atoms with Gasteiger partial charge in [0, 0.05) is 28.8 Å². The van der Waals surface area contributed by atoms with Crippen LogP contribution in [0.1, 0.15) is 6.42 Å². The largest absolute Gasteiger partial charge is 0.397 e. The number of thiazole rings is 1. The summed E-state index contributed by atoms with van der Waals surface area (Å²) in [5, 5.41) is 5.23. The molecule has 1 amide bonds. The highest BCUT2D eigenvalue weighted by Crippen LogP contribution is 2.24. The maximum Gasteiger partial charge on any atom is 0.225 e. The topological polar surface area (TPSA) is 68.0 Å². The van der Waals surface area contributed by atoms with E-state index in [1.807, 2.05) is 5.38 Å². The highest BCUT2D eigenvalue weighted by Gasteiger charge is 2.06. The molecule has 4 nitrogen and oxygen atoms in total. The normalized spacial score (nSPS) is 10.4. The number of nitrogens with one attached hydrogen (secondary N) is 1. The van der Waals surface area contributed by atoms with E-state index in [-0.39, 0.29) is 5.91 Å². The number of halogens is 1. The Balaban J connectivity index is 1.80. The zero-order valence-corrected chi connectivity index (χ0v) is 12.3. The molecule has 0 fully saturated rings. The van der Waals surface area contributed by atoms with Crippen molar-refractivity contribution in [2.45, 2.75) is 10.8 Å². The van der Waals surface area contributed by atoms with Gasteiger partial charge in [0.15, 0.2) is 0 Å². The average Bonchev–Trinajstić information content (AvgIpc) is 2.86. The number of thioether (sulfide) groups is 1. The summed E-state index contributed by atoms with van der Waals surface area (Å²) in [6.07, 6.45) is 2.16. The molecule has 7 heteroatoms. The van der Waals surface area contributed by atoms with E-state index in [9.17, 15) is 4.79 Å². The van der Waals surface area contributed by atoms with Crippen LogP contribution in [0.3, 0.4) is 0 Å². The van der Waals surface area contributed by atoms with Crippen LogP contribution in [-0.4, -0.2) is 16.6 Å². The Morgan fingerprint density at radius 3 is 3.05 bits per heavy atom. The lowest BCUT2D eigenvalue weighted by Gasteiger charge is -2.07. The molecule has 3 N–H and O–H groups in total. The Morgan fingerprint density at radius 1 is 1.53 bits per heavy atom. The minimum absolute atomic E-state index is 0.0712. The predicted molar refractivity (Wildman–Crippen MR) is 81.9 cm³/mol. The van der Waals surface area contributed by atoms with Crippen LogP contribution < -0.4 is 11.1 Å². The number of rotatable bonds is 5. The summed E-state index contributed by atoms with van der Waals surface area (Å²) in [4.78, 5) is 15.9. The fourth-order valence-corrected chi connectivity index (χ4v) is 3.20. The predicted octanol–water partition coefficient (Wildman–Crippen LogP) is 3.50. The summed E-state index contributed by atoms with van der Waals surface area (Å²) < 4.78 is 0.971. The Morgan fingerprint density at radius 2 is 2.37 bits per heavy atom. The first-order valence-electron chi connectivity index (χ1n) is 5.52. The Kier molecular flexibility index (Phi) is 5.07. The molecule has 0 aliphatic rings. The molecule has 0 spiro atoms. The second-order valence-electron chi connectivity index (χ2n) is 3.68. The number of amides is 1. The summed E-state index contributed by atoms with van der Waals surface area (Å²) in [6, 6.07) is 5.00. The van der Waals surface area contributed by atoms with Crippen molar-refractivity contribution < 1.29 is 4.79 Å². The van der Waals surface area contributed by atoms with Gasteiger partial charge >= 0.3 is 0 Å². The molecule has 0 saturated carbocycles. The maximum absolute atomic E-state index is 11.7. The zero-order chi connectivity index (χ0) is 13.7. The van der Waals surface area contributed by atoms with Crippen molar-refractivity contribution in [3.8, 4) is 0 Å². The van der Waals surface area contributed by atoms with Crippen molar-refractivity contribution in [1.82, 2.24) is 4.98 Å². The van der Waals surface area contributed by atoms with E-state index in [2.05, 4.69) is 10.3 Å². The molecule has 0 saturated heterocycles. The first-order chi connectivity index (χ1) is 9.15. The smallest absolute Gasteiger partial charge is 0.225 e. The molecular formula is C12H12ClN3OS2. The van der Waals surface area contributed by atoms with Gasteiger partial charge in [0.1, 0.15) is 4.34 Å². The van der Waals surface area contributed by atoms with Gasteiger partial charge in [-0.3, -0.25) is 4.79 Å².